The molecule has 0 radical (unpaired) electrons. The number of fused-ring (bicyclic) bond motifs is 2. The van der Waals surface area contributed by atoms with Gasteiger partial charge in [0, 0.05) is 11.1 Å². The summed E-state index contributed by atoms with van der Waals surface area (Å²) in [6.45, 7) is 2.24. The van der Waals surface area contributed by atoms with Crippen LogP contribution in [0.3, 0.4) is 0 Å². The minimum absolute atomic E-state index is 0.151. The van der Waals surface area contributed by atoms with E-state index in [1.165, 1.54) is 4.90 Å². The monoisotopic (exact) mass is 329 g/mol. The van der Waals surface area contributed by atoms with Crippen LogP contribution in [-0.4, -0.2) is 18.5 Å². The van der Waals surface area contributed by atoms with Crippen LogP contribution >= 0.6 is 11.6 Å². The van der Waals surface area contributed by atoms with Crippen molar-refractivity contribution in [3.8, 4) is 11.5 Å². The summed E-state index contributed by atoms with van der Waals surface area (Å²) in [5.74, 6) is 0.144. The van der Waals surface area contributed by atoms with E-state index in [0.717, 1.165) is 5.56 Å². The second-order valence-electron chi connectivity index (χ2n) is 5.54. The van der Waals surface area contributed by atoms with E-state index in [9.17, 15) is 9.59 Å². The molecule has 0 fully saturated rings. The van der Waals surface area contributed by atoms with Gasteiger partial charge in [0.25, 0.3) is 11.7 Å². The number of carbonyl (C=O) groups is 2. The number of carbonyl (C=O) groups excluding carboxylic acids is 2. The van der Waals surface area contributed by atoms with Crippen LogP contribution in [0.15, 0.2) is 30.3 Å². The summed E-state index contributed by atoms with van der Waals surface area (Å²) >= 11 is 6.26. The Morgan fingerprint density at radius 3 is 2.65 bits per heavy atom. The Labute approximate surface area is 137 Å². The molecule has 0 spiro atoms. The van der Waals surface area contributed by atoms with Crippen molar-refractivity contribution in [1.29, 1.82) is 0 Å². The highest BCUT2D eigenvalue weighted by atomic mass is 35.5. The van der Waals surface area contributed by atoms with Gasteiger partial charge < -0.3 is 14.4 Å². The summed E-state index contributed by atoms with van der Waals surface area (Å²) in [5, 5.41) is 0.468. The smallest absolute Gasteiger partial charge is 0.299 e. The molecule has 1 amide bonds. The Kier molecular flexibility index (Phi) is 3.06. The third-order valence-corrected chi connectivity index (χ3v) is 4.35. The number of nitrogens with zero attached hydrogens (tertiary/aromatic N) is 1. The van der Waals surface area contributed by atoms with Crippen LogP contribution in [0.1, 0.15) is 21.5 Å². The van der Waals surface area contributed by atoms with Crippen LogP contribution in [0, 0.1) is 6.92 Å². The van der Waals surface area contributed by atoms with Gasteiger partial charge in [0.15, 0.2) is 11.5 Å². The first kappa shape index (κ1) is 14.1. The maximum atomic E-state index is 12.3. The lowest BCUT2D eigenvalue weighted by Gasteiger charge is -2.18. The van der Waals surface area contributed by atoms with Crippen LogP contribution in [0.5, 0.6) is 11.5 Å². The molecule has 0 N–H and O–H groups in total. The molecule has 23 heavy (non-hydrogen) atoms. The van der Waals surface area contributed by atoms with E-state index in [-0.39, 0.29) is 13.3 Å². The van der Waals surface area contributed by atoms with Gasteiger partial charge >= 0.3 is 0 Å². The van der Waals surface area contributed by atoms with Gasteiger partial charge in [0.1, 0.15) is 0 Å². The van der Waals surface area contributed by atoms with Gasteiger partial charge in [-0.2, -0.15) is 0 Å². The summed E-state index contributed by atoms with van der Waals surface area (Å²) in [5.41, 5.74) is 2.68. The number of anilines is 1. The summed E-state index contributed by atoms with van der Waals surface area (Å²) in [7, 11) is 0. The first-order chi connectivity index (χ1) is 11.0. The summed E-state index contributed by atoms with van der Waals surface area (Å²) in [4.78, 5) is 25.9. The Morgan fingerprint density at radius 1 is 1.13 bits per heavy atom. The Bertz CT molecular complexity index is 862. The highest BCUT2D eigenvalue weighted by Crippen LogP contribution is 2.39. The molecule has 0 saturated carbocycles. The zero-order chi connectivity index (χ0) is 16.1. The van der Waals surface area contributed by atoms with Crippen molar-refractivity contribution in [3.63, 3.8) is 0 Å². The minimum Gasteiger partial charge on any atom is -0.454 e. The topological polar surface area (TPSA) is 55.8 Å². The number of hydrogen-bond donors (Lipinski definition) is 0. The maximum Gasteiger partial charge on any atom is 0.299 e. The standard InChI is InChI=1S/C17H12ClNO4/c1-9-2-3-13-11(4-9)16(20)17(21)19(13)7-10-5-14-15(6-12(10)18)23-8-22-14/h2-6H,7-8H2,1H3. The molecule has 0 unspecified atom stereocenters. The third kappa shape index (κ3) is 2.16. The largest absolute Gasteiger partial charge is 0.454 e. The van der Waals surface area contributed by atoms with Gasteiger partial charge in [-0.25, -0.2) is 0 Å². The van der Waals surface area contributed by atoms with Crippen molar-refractivity contribution in [2.75, 3.05) is 11.7 Å². The molecular formula is C17H12ClNO4. The zero-order valence-electron chi connectivity index (χ0n) is 12.3. The fourth-order valence-corrected chi connectivity index (χ4v) is 3.04. The molecule has 2 aliphatic rings. The number of rotatable bonds is 2. The van der Waals surface area contributed by atoms with Crippen molar-refractivity contribution in [2.45, 2.75) is 13.5 Å². The summed E-state index contributed by atoms with van der Waals surface area (Å²) in [6, 6.07) is 8.80. The van der Waals surface area contributed by atoms with E-state index in [2.05, 4.69) is 0 Å². The Balaban J connectivity index is 1.73. The van der Waals surface area contributed by atoms with E-state index in [4.69, 9.17) is 21.1 Å². The Morgan fingerprint density at radius 2 is 1.87 bits per heavy atom. The fraction of sp³-hybridized carbons (Fsp3) is 0.176. The van der Waals surface area contributed by atoms with Crippen molar-refractivity contribution >= 4 is 29.0 Å². The normalized spacial score (nSPS) is 15.3. The van der Waals surface area contributed by atoms with E-state index in [0.29, 0.717) is 33.3 Å². The van der Waals surface area contributed by atoms with Crippen LogP contribution in [0.4, 0.5) is 5.69 Å². The van der Waals surface area contributed by atoms with Crippen molar-refractivity contribution in [3.05, 3.63) is 52.0 Å². The number of hydrogen-bond acceptors (Lipinski definition) is 4. The van der Waals surface area contributed by atoms with Gasteiger partial charge in [0.05, 0.1) is 17.8 Å². The first-order valence-electron chi connectivity index (χ1n) is 7.09. The van der Waals surface area contributed by atoms with Crippen LogP contribution in [0.25, 0.3) is 0 Å². The third-order valence-electron chi connectivity index (χ3n) is 4.00. The minimum atomic E-state index is -0.542. The average molecular weight is 330 g/mol. The van der Waals surface area contributed by atoms with Crippen LogP contribution in [-0.2, 0) is 11.3 Å². The van der Waals surface area contributed by atoms with Gasteiger partial charge in [-0.05, 0) is 30.7 Å². The van der Waals surface area contributed by atoms with E-state index in [1.807, 2.05) is 13.0 Å². The quantitative estimate of drug-likeness (QED) is 0.794. The molecule has 2 heterocycles. The number of Topliss-reactive ketones (excluding diaryl/α,β-unsaturated/α-hetero) is 1. The molecule has 2 aromatic rings. The predicted octanol–water partition coefficient (Wildman–Crippen LogP) is 3.11. The molecule has 2 aromatic carbocycles. The van der Waals surface area contributed by atoms with Gasteiger partial charge in [-0.1, -0.05) is 23.2 Å². The van der Waals surface area contributed by atoms with E-state index < -0.39 is 11.7 Å². The second-order valence-corrected chi connectivity index (χ2v) is 5.95. The maximum absolute atomic E-state index is 12.3. The lowest BCUT2D eigenvalue weighted by molar-refractivity contribution is -0.114. The second kappa shape index (κ2) is 4.99. The highest BCUT2D eigenvalue weighted by Gasteiger charge is 2.36. The molecule has 0 saturated heterocycles. The van der Waals surface area contributed by atoms with Crippen molar-refractivity contribution in [2.24, 2.45) is 0 Å². The molecule has 0 atom stereocenters. The first-order valence-corrected chi connectivity index (χ1v) is 7.47. The predicted molar refractivity (Wildman–Crippen MR) is 84.3 cm³/mol. The SMILES string of the molecule is Cc1ccc2c(c1)C(=O)C(=O)N2Cc1cc2c(cc1Cl)OCO2. The molecule has 0 aliphatic carbocycles. The molecule has 5 nitrogen and oxygen atoms in total. The lowest BCUT2D eigenvalue weighted by atomic mass is 10.1. The zero-order valence-corrected chi connectivity index (χ0v) is 13.0. The molecular weight excluding hydrogens is 318 g/mol. The number of amides is 1. The molecule has 2 aliphatic heterocycles. The highest BCUT2D eigenvalue weighted by molar-refractivity contribution is 6.52. The number of halogens is 1. The molecule has 0 bridgehead atoms. The Hall–Kier alpha value is -2.53. The molecule has 0 aromatic heterocycles. The number of benzene rings is 2. The summed E-state index contributed by atoms with van der Waals surface area (Å²) < 4.78 is 10.6. The van der Waals surface area contributed by atoms with Crippen molar-refractivity contribution in [1.82, 2.24) is 0 Å². The van der Waals surface area contributed by atoms with Crippen LogP contribution < -0.4 is 14.4 Å². The lowest BCUT2D eigenvalue weighted by Crippen LogP contribution is -2.29. The molecule has 4 rings (SSSR count). The number of ether oxygens (including phenoxy) is 2. The molecule has 116 valence electrons. The number of ketones is 1. The molecule has 6 heteroatoms. The fourth-order valence-electron chi connectivity index (χ4n) is 2.82. The van der Waals surface area contributed by atoms with Gasteiger partial charge in [0.2, 0.25) is 6.79 Å². The summed E-state index contributed by atoms with van der Waals surface area (Å²) in [6.07, 6.45) is 0. The number of aryl methyl sites for hydroxylation is 1. The van der Waals surface area contributed by atoms with Crippen molar-refractivity contribution < 1.29 is 19.1 Å². The van der Waals surface area contributed by atoms with E-state index >= 15 is 0 Å². The van der Waals surface area contributed by atoms with E-state index in [1.54, 1.807) is 24.3 Å². The average Bonchev–Trinajstić information content (AvgIpc) is 3.06. The van der Waals surface area contributed by atoms with Gasteiger partial charge in [-0.3, -0.25) is 9.59 Å². The van der Waals surface area contributed by atoms with Gasteiger partial charge in [-0.15, -0.1) is 0 Å². The van der Waals surface area contributed by atoms with Crippen LogP contribution in [0.2, 0.25) is 5.02 Å².